The first-order chi connectivity index (χ1) is 11.9. The third-order valence-electron chi connectivity index (χ3n) is 4.99. The van der Waals surface area contributed by atoms with Crippen molar-refractivity contribution in [2.75, 3.05) is 20.1 Å². The van der Waals surface area contributed by atoms with Crippen LogP contribution in [0, 0.1) is 6.92 Å². The number of carbonyl (C=O) groups is 1. The lowest BCUT2D eigenvalue weighted by molar-refractivity contribution is -0.124. The fraction of sp³-hybridized carbons (Fsp3) is 0.667. The summed E-state index contributed by atoms with van der Waals surface area (Å²) in [4.78, 5) is 31.1. The zero-order chi connectivity index (χ0) is 18.0. The van der Waals surface area contributed by atoms with E-state index in [-0.39, 0.29) is 17.6 Å². The lowest BCUT2D eigenvalue weighted by Crippen LogP contribution is -2.49. The van der Waals surface area contributed by atoms with Crippen LogP contribution < -0.4 is 0 Å². The van der Waals surface area contributed by atoms with Crippen molar-refractivity contribution in [3.05, 3.63) is 23.8 Å². The minimum atomic E-state index is -0.377. The highest BCUT2D eigenvalue weighted by atomic mass is 16.7. The summed E-state index contributed by atoms with van der Waals surface area (Å²) >= 11 is 0. The van der Waals surface area contributed by atoms with Gasteiger partial charge in [0.2, 0.25) is 0 Å². The lowest BCUT2D eigenvalue weighted by Gasteiger charge is -2.38. The Hall–Kier alpha value is -2.02. The highest BCUT2D eigenvalue weighted by Crippen LogP contribution is 2.34. The molecule has 1 atom stereocenters. The molecule has 1 saturated heterocycles. The standard InChI is InChI=1S/C18H27N5O2/c1-13(2)22(4)17(24)16-8-18(25-21-16)6-5-7-23(12-18)11-15-10-19-9-14(3)20-15/h9-10,13H,5-8,11-12H2,1-4H3/t18-/m0/s1. The number of nitrogens with zero attached hydrogens (tertiary/aromatic N) is 5. The summed E-state index contributed by atoms with van der Waals surface area (Å²) in [6, 6.07) is 0.148. The Morgan fingerprint density at radius 1 is 1.44 bits per heavy atom. The van der Waals surface area contributed by atoms with Crippen LogP contribution in [0.3, 0.4) is 0 Å². The first-order valence-electron chi connectivity index (χ1n) is 8.91. The Balaban J connectivity index is 1.63. The van der Waals surface area contributed by atoms with Crippen molar-refractivity contribution in [2.45, 2.75) is 58.2 Å². The lowest BCUT2D eigenvalue weighted by atomic mass is 9.88. The van der Waals surface area contributed by atoms with E-state index in [9.17, 15) is 4.79 Å². The molecule has 0 bridgehead atoms. The summed E-state index contributed by atoms with van der Waals surface area (Å²) in [5.74, 6) is -0.0338. The fourth-order valence-electron chi connectivity index (χ4n) is 3.44. The summed E-state index contributed by atoms with van der Waals surface area (Å²) in [5.41, 5.74) is 2.05. The average Bonchev–Trinajstić information content (AvgIpc) is 2.96. The van der Waals surface area contributed by atoms with Gasteiger partial charge in [-0.2, -0.15) is 0 Å². The molecule has 0 aliphatic carbocycles. The molecule has 2 aliphatic rings. The topological polar surface area (TPSA) is 70.9 Å². The molecule has 0 aromatic carbocycles. The molecule has 25 heavy (non-hydrogen) atoms. The maximum atomic E-state index is 12.5. The van der Waals surface area contributed by atoms with Gasteiger partial charge in [-0.15, -0.1) is 0 Å². The Labute approximate surface area is 149 Å². The fourth-order valence-corrected chi connectivity index (χ4v) is 3.44. The molecule has 1 aromatic heterocycles. The molecule has 0 saturated carbocycles. The number of hydrogen-bond acceptors (Lipinski definition) is 6. The van der Waals surface area contributed by atoms with E-state index in [4.69, 9.17) is 4.84 Å². The number of aromatic nitrogens is 2. The van der Waals surface area contributed by atoms with Crippen LogP contribution in [-0.2, 0) is 16.2 Å². The van der Waals surface area contributed by atoms with Gasteiger partial charge in [0.25, 0.3) is 5.91 Å². The molecule has 0 unspecified atom stereocenters. The smallest absolute Gasteiger partial charge is 0.271 e. The van der Waals surface area contributed by atoms with Crippen molar-refractivity contribution < 1.29 is 9.63 Å². The van der Waals surface area contributed by atoms with Crippen molar-refractivity contribution in [1.82, 2.24) is 19.8 Å². The zero-order valence-corrected chi connectivity index (χ0v) is 15.5. The molecular weight excluding hydrogens is 318 g/mol. The molecule has 0 N–H and O–H groups in total. The molecule has 1 fully saturated rings. The molecular formula is C18H27N5O2. The van der Waals surface area contributed by atoms with Crippen LogP contribution in [0.5, 0.6) is 0 Å². The van der Waals surface area contributed by atoms with Gasteiger partial charge in [0.05, 0.1) is 11.4 Å². The first-order valence-corrected chi connectivity index (χ1v) is 8.91. The van der Waals surface area contributed by atoms with Gasteiger partial charge in [-0.3, -0.25) is 19.7 Å². The van der Waals surface area contributed by atoms with E-state index < -0.39 is 0 Å². The van der Waals surface area contributed by atoms with Gasteiger partial charge >= 0.3 is 0 Å². The normalized spacial score (nSPS) is 23.6. The van der Waals surface area contributed by atoms with Crippen molar-refractivity contribution in [3.8, 4) is 0 Å². The van der Waals surface area contributed by atoms with E-state index >= 15 is 0 Å². The van der Waals surface area contributed by atoms with Crippen molar-refractivity contribution in [2.24, 2.45) is 5.16 Å². The molecule has 7 heteroatoms. The van der Waals surface area contributed by atoms with E-state index in [1.165, 1.54) is 0 Å². The highest BCUT2D eigenvalue weighted by Gasteiger charge is 2.45. The SMILES string of the molecule is Cc1cncc(CN2CCC[C@]3(CC(C(=O)N(C)C(C)C)=NO3)C2)n1. The third kappa shape index (κ3) is 3.98. The van der Waals surface area contributed by atoms with Crippen molar-refractivity contribution >= 4 is 11.6 Å². The summed E-state index contributed by atoms with van der Waals surface area (Å²) in [5, 5.41) is 4.14. The number of aryl methyl sites for hydroxylation is 1. The van der Waals surface area contributed by atoms with Crippen LogP contribution in [0.15, 0.2) is 17.5 Å². The molecule has 3 heterocycles. The van der Waals surface area contributed by atoms with Gasteiger partial charge in [-0.25, -0.2) is 0 Å². The quantitative estimate of drug-likeness (QED) is 0.832. The summed E-state index contributed by atoms with van der Waals surface area (Å²) in [6.07, 6.45) is 6.11. The molecule has 1 aromatic rings. The summed E-state index contributed by atoms with van der Waals surface area (Å²) in [7, 11) is 1.81. The predicted octanol–water partition coefficient (Wildman–Crippen LogP) is 1.76. The van der Waals surface area contributed by atoms with Gasteiger partial charge in [0, 0.05) is 45.0 Å². The van der Waals surface area contributed by atoms with Gasteiger partial charge in [0.15, 0.2) is 5.60 Å². The Bertz CT molecular complexity index is 675. The zero-order valence-electron chi connectivity index (χ0n) is 15.5. The van der Waals surface area contributed by atoms with Crippen molar-refractivity contribution in [3.63, 3.8) is 0 Å². The Kier molecular flexibility index (Phi) is 5.03. The van der Waals surface area contributed by atoms with E-state index in [1.54, 1.807) is 11.1 Å². The second kappa shape index (κ2) is 7.07. The van der Waals surface area contributed by atoms with E-state index in [0.29, 0.717) is 12.1 Å². The van der Waals surface area contributed by atoms with Crippen LogP contribution >= 0.6 is 0 Å². The third-order valence-corrected chi connectivity index (χ3v) is 4.99. The van der Waals surface area contributed by atoms with Crippen LogP contribution in [-0.4, -0.2) is 63.2 Å². The second-order valence-corrected chi connectivity index (χ2v) is 7.46. The minimum Gasteiger partial charge on any atom is -0.387 e. The van der Waals surface area contributed by atoms with Crippen LogP contribution in [0.1, 0.15) is 44.5 Å². The van der Waals surface area contributed by atoms with Crippen LogP contribution in [0.2, 0.25) is 0 Å². The largest absolute Gasteiger partial charge is 0.387 e. The van der Waals surface area contributed by atoms with E-state index in [0.717, 1.165) is 43.9 Å². The molecule has 0 radical (unpaired) electrons. The van der Waals surface area contributed by atoms with Crippen LogP contribution in [0.4, 0.5) is 0 Å². The monoisotopic (exact) mass is 345 g/mol. The number of piperidine rings is 1. The second-order valence-electron chi connectivity index (χ2n) is 7.46. The maximum Gasteiger partial charge on any atom is 0.271 e. The number of likely N-dealkylation sites (tertiary alicyclic amines) is 1. The van der Waals surface area contributed by atoms with Gasteiger partial charge in [-0.1, -0.05) is 5.16 Å². The van der Waals surface area contributed by atoms with Crippen LogP contribution in [0.25, 0.3) is 0 Å². The van der Waals surface area contributed by atoms with E-state index in [2.05, 4.69) is 20.0 Å². The Morgan fingerprint density at radius 2 is 2.24 bits per heavy atom. The number of hydrogen-bond donors (Lipinski definition) is 0. The predicted molar refractivity (Wildman–Crippen MR) is 95.1 cm³/mol. The van der Waals surface area contributed by atoms with Gasteiger partial charge < -0.3 is 9.74 Å². The minimum absolute atomic E-state index is 0.0338. The summed E-state index contributed by atoms with van der Waals surface area (Å²) < 4.78 is 0. The summed E-state index contributed by atoms with van der Waals surface area (Å²) in [6.45, 7) is 8.44. The number of carbonyl (C=O) groups excluding carboxylic acids is 1. The van der Waals surface area contributed by atoms with E-state index in [1.807, 2.05) is 34.0 Å². The molecule has 3 rings (SSSR count). The molecule has 1 amide bonds. The molecule has 7 nitrogen and oxygen atoms in total. The average molecular weight is 345 g/mol. The molecule has 1 spiro atoms. The van der Waals surface area contributed by atoms with Crippen molar-refractivity contribution in [1.29, 1.82) is 0 Å². The first kappa shape index (κ1) is 17.8. The highest BCUT2D eigenvalue weighted by molar-refractivity contribution is 6.39. The van der Waals surface area contributed by atoms with Gasteiger partial charge in [-0.05, 0) is 40.2 Å². The maximum absolute atomic E-state index is 12.5. The molecule has 136 valence electrons. The Morgan fingerprint density at radius 3 is 2.96 bits per heavy atom. The van der Waals surface area contributed by atoms with Gasteiger partial charge in [0.1, 0.15) is 5.71 Å². The number of rotatable bonds is 4. The molecule has 2 aliphatic heterocycles. The number of oxime groups is 1. The number of amides is 1.